The van der Waals surface area contributed by atoms with Gasteiger partial charge >= 0.3 is 11.9 Å². The molecular weight excluding hydrogens is 536 g/mol. The Kier molecular flexibility index (Phi) is 11.3. The molecule has 13 heteroatoms. The zero-order valence-corrected chi connectivity index (χ0v) is 22.7. The second kappa shape index (κ2) is 14.2. The molecule has 1 unspecified atom stereocenters. The van der Waals surface area contributed by atoms with Crippen molar-refractivity contribution in [2.24, 2.45) is 0 Å². The fourth-order valence-corrected chi connectivity index (χ4v) is 4.82. The zero-order valence-electron chi connectivity index (χ0n) is 21.9. The van der Waals surface area contributed by atoms with Crippen molar-refractivity contribution in [2.45, 2.75) is 50.4 Å². The van der Waals surface area contributed by atoms with E-state index in [4.69, 9.17) is 30.5 Å². The molecule has 0 radical (unpaired) electrons. The number of hydrogen-bond donors (Lipinski definition) is 6. The third kappa shape index (κ3) is 6.97. The van der Waals surface area contributed by atoms with E-state index >= 15 is 0 Å². The van der Waals surface area contributed by atoms with Crippen LogP contribution in [-0.2, 0) is 28.5 Å². The molecule has 2 aliphatic rings. The van der Waals surface area contributed by atoms with Gasteiger partial charge in [-0.3, -0.25) is 5.32 Å². The Labute approximate surface area is 231 Å². The number of rotatable bonds is 11. The second-order valence-electron chi connectivity index (χ2n) is 8.98. The van der Waals surface area contributed by atoms with Gasteiger partial charge in [-0.15, -0.1) is 0 Å². The highest BCUT2D eigenvalue weighted by Gasteiger charge is 2.43. The molecule has 0 aromatic heterocycles. The summed E-state index contributed by atoms with van der Waals surface area (Å²) in [6.07, 6.45) is -6.47. The average molecular weight is 571 g/mol. The highest BCUT2D eigenvalue weighted by Crippen LogP contribution is 2.41. The molecule has 2 heterocycles. The Balaban J connectivity index is 1.80. The summed E-state index contributed by atoms with van der Waals surface area (Å²) in [6, 6.07) is 6.86. The molecule has 2 aliphatic heterocycles. The number of dihydropyridines is 1. The summed E-state index contributed by atoms with van der Waals surface area (Å²) in [5.41, 5.74) is 1.71. The number of hydrogen-bond acceptors (Lipinski definition) is 12. The number of benzene rings is 1. The first kappa shape index (κ1) is 31.0. The number of allylic oxidation sites excluding steroid dienone is 1. The molecule has 0 bridgehead atoms. The average Bonchev–Trinajstić information content (AvgIpc) is 2.92. The number of carbonyl (C=O) groups is 2. The van der Waals surface area contributed by atoms with Crippen LogP contribution in [-0.4, -0.2) is 103 Å². The lowest BCUT2D eigenvalue weighted by atomic mass is 9.80. The van der Waals surface area contributed by atoms with Gasteiger partial charge in [-0.1, -0.05) is 29.8 Å². The third-order valence-corrected chi connectivity index (χ3v) is 6.84. The van der Waals surface area contributed by atoms with Crippen molar-refractivity contribution in [3.63, 3.8) is 0 Å². The van der Waals surface area contributed by atoms with Crippen LogP contribution >= 0.6 is 11.6 Å². The van der Waals surface area contributed by atoms with Gasteiger partial charge in [0.15, 0.2) is 0 Å². The number of aliphatic hydroxyl groups excluding tert-OH is 4. The van der Waals surface area contributed by atoms with Crippen LogP contribution in [0.2, 0.25) is 5.02 Å². The smallest absolute Gasteiger partial charge is 0.336 e. The molecule has 1 aromatic rings. The monoisotopic (exact) mass is 570 g/mol. The van der Waals surface area contributed by atoms with Gasteiger partial charge in [0.25, 0.3) is 0 Å². The quantitative estimate of drug-likeness (QED) is 0.151. The maximum atomic E-state index is 13.2. The minimum Gasteiger partial charge on any atom is -0.466 e. The first-order valence-corrected chi connectivity index (χ1v) is 12.9. The van der Waals surface area contributed by atoms with Gasteiger partial charge in [-0.25, -0.2) is 9.59 Å². The van der Waals surface area contributed by atoms with E-state index in [1.807, 2.05) is 0 Å². The molecule has 6 N–H and O–H groups in total. The minimum absolute atomic E-state index is 0.0722. The fraction of sp³-hybridized carbons (Fsp3) is 0.538. The number of carbonyl (C=O) groups excluding carboxylic acids is 2. The second-order valence-corrected chi connectivity index (χ2v) is 9.39. The van der Waals surface area contributed by atoms with Gasteiger partial charge in [0.2, 0.25) is 0 Å². The van der Waals surface area contributed by atoms with Crippen LogP contribution in [0.1, 0.15) is 25.3 Å². The predicted octanol–water partition coefficient (Wildman–Crippen LogP) is -0.303. The minimum atomic E-state index is -1.50. The van der Waals surface area contributed by atoms with Gasteiger partial charge in [0.1, 0.15) is 30.6 Å². The van der Waals surface area contributed by atoms with Crippen molar-refractivity contribution >= 4 is 23.5 Å². The van der Waals surface area contributed by atoms with Gasteiger partial charge in [0, 0.05) is 17.3 Å². The maximum absolute atomic E-state index is 13.2. The zero-order chi connectivity index (χ0) is 28.7. The topological polar surface area (TPSA) is 176 Å². The Morgan fingerprint density at radius 2 is 1.82 bits per heavy atom. The van der Waals surface area contributed by atoms with Crippen molar-refractivity contribution < 1.29 is 49.0 Å². The molecule has 1 saturated heterocycles. The fourth-order valence-electron chi connectivity index (χ4n) is 4.58. The molecular formula is C26H35ClN2O10. The molecule has 1 aromatic carbocycles. The number of esters is 2. The Morgan fingerprint density at radius 3 is 2.46 bits per heavy atom. The number of methoxy groups -OCH3 is 1. The van der Waals surface area contributed by atoms with E-state index in [9.17, 15) is 30.0 Å². The summed E-state index contributed by atoms with van der Waals surface area (Å²) in [6.45, 7) is 3.08. The molecule has 0 spiro atoms. The maximum Gasteiger partial charge on any atom is 0.336 e. The van der Waals surface area contributed by atoms with Crippen LogP contribution in [0.25, 0.3) is 0 Å². The van der Waals surface area contributed by atoms with E-state index in [2.05, 4.69) is 10.6 Å². The number of ether oxygens (including phenoxy) is 4. The lowest BCUT2D eigenvalue weighted by Crippen LogP contribution is -2.62. The van der Waals surface area contributed by atoms with Crippen molar-refractivity contribution in [1.82, 2.24) is 10.6 Å². The standard InChI is InChI=1S/C26H35ClN2O10/c1-4-38-26(35)20-16(12-37-10-9-28-24-23(33)22(32)21(31)17(11-30)39-24)29-13(2)18(25(34)36-3)19(20)14-7-5-6-8-15(14)27/h5-8,17,19,21-24,28-33H,4,9-12H2,1-3H3/t17-,19?,21+,22+,23-,24-/m1/s1. The van der Waals surface area contributed by atoms with Crippen molar-refractivity contribution in [2.75, 3.05) is 40.1 Å². The number of nitrogens with one attached hydrogen (secondary N) is 2. The van der Waals surface area contributed by atoms with Crippen LogP contribution in [0.4, 0.5) is 0 Å². The molecule has 3 rings (SSSR count). The first-order valence-electron chi connectivity index (χ1n) is 12.5. The van der Waals surface area contributed by atoms with Crippen molar-refractivity contribution in [1.29, 1.82) is 0 Å². The van der Waals surface area contributed by atoms with Crippen LogP contribution in [0, 0.1) is 0 Å². The summed E-state index contributed by atoms with van der Waals surface area (Å²) in [5, 5.41) is 45.6. The van der Waals surface area contributed by atoms with Gasteiger partial charge < -0.3 is 44.7 Å². The summed E-state index contributed by atoms with van der Waals surface area (Å²) < 4.78 is 21.5. The molecule has 39 heavy (non-hydrogen) atoms. The van der Waals surface area contributed by atoms with E-state index in [1.165, 1.54) is 7.11 Å². The van der Waals surface area contributed by atoms with Crippen molar-refractivity contribution in [3.8, 4) is 0 Å². The van der Waals surface area contributed by atoms with Gasteiger partial charge in [-0.05, 0) is 25.5 Å². The third-order valence-electron chi connectivity index (χ3n) is 6.49. The normalized spacial score (nSPS) is 27.3. The molecule has 6 atom stereocenters. The highest BCUT2D eigenvalue weighted by molar-refractivity contribution is 6.31. The number of halogens is 1. The predicted molar refractivity (Wildman–Crippen MR) is 138 cm³/mol. The van der Waals surface area contributed by atoms with Gasteiger partial charge in [0.05, 0.1) is 56.3 Å². The summed E-state index contributed by atoms with van der Waals surface area (Å²) in [7, 11) is 1.25. The van der Waals surface area contributed by atoms with Crippen LogP contribution < -0.4 is 10.6 Å². The van der Waals surface area contributed by atoms with Crippen LogP contribution in [0.15, 0.2) is 46.8 Å². The molecule has 0 aliphatic carbocycles. The molecule has 0 saturated carbocycles. The summed E-state index contributed by atoms with van der Waals surface area (Å²) in [4.78, 5) is 26.0. The molecule has 0 amide bonds. The van der Waals surface area contributed by atoms with Gasteiger partial charge in [-0.2, -0.15) is 0 Å². The van der Waals surface area contributed by atoms with E-state index in [0.717, 1.165) is 0 Å². The van der Waals surface area contributed by atoms with E-state index in [1.54, 1.807) is 38.1 Å². The summed E-state index contributed by atoms with van der Waals surface area (Å²) >= 11 is 6.49. The van der Waals surface area contributed by atoms with Crippen molar-refractivity contribution in [3.05, 3.63) is 57.4 Å². The van der Waals surface area contributed by atoms with Crippen LogP contribution in [0.5, 0.6) is 0 Å². The van der Waals surface area contributed by atoms with E-state index in [0.29, 0.717) is 22.0 Å². The van der Waals surface area contributed by atoms with E-state index < -0.39 is 55.1 Å². The molecule has 1 fully saturated rings. The highest BCUT2D eigenvalue weighted by atomic mass is 35.5. The Hall–Kier alpha value is -2.55. The lowest BCUT2D eigenvalue weighted by molar-refractivity contribution is -0.236. The lowest BCUT2D eigenvalue weighted by Gasteiger charge is -2.40. The molecule has 216 valence electrons. The number of aliphatic hydroxyl groups is 4. The Bertz CT molecular complexity index is 1090. The molecule has 12 nitrogen and oxygen atoms in total. The SMILES string of the molecule is CCOC(=O)C1=C(COCCN[C@@H]2O[C@H](CO)[C@H](O)[C@H](O)[C@H]2O)NC(C)=C(C(=O)OC)C1c1ccccc1Cl. The first-order chi connectivity index (χ1) is 18.7. The van der Waals surface area contributed by atoms with Crippen LogP contribution in [0.3, 0.4) is 0 Å². The summed E-state index contributed by atoms with van der Waals surface area (Å²) in [5.74, 6) is -2.16. The largest absolute Gasteiger partial charge is 0.466 e. The van der Waals surface area contributed by atoms with E-state index in [-0.39, 0.29) is 37.5 Å². The Morgan fingerprint density at radius 1 is 1.10 bits per heavy atom.